The summed E-state index contributed by atoms with van der Waals surface area (Å²) < 4.78 is 4.07. The van der Waals surface area contributed by atoms with Crippen LogP contribution in [0.2, 0.25) is 0 Å². The zero-order valence-electron chi connectivity index (χ0n) is 12.2. The highest BCUT2D eigenvalue weighted by molar-refractivity contribution is 5.11. The maximum atomic E-state index is 4.29. The minimum absolute atomic E-state index is 0.143. The van der Waals surface area contributed by atoms with Crippen molar-refractivity contribution in [1.29, 1.82) is 0 Å². The van der Waals surface area contributed by atoms with Crippen LogP contribution in [0.1, 0.15) is 39.1 Å². The highest BCUT2D eigenvalue weighted by Gasteiger charge is 2.09. The SMILES string of the molecule is CCn1ncnc1Cn1ccc(CNC(C)(C)C)c1. The van der Waals surface area contributed by atoms with E-state index >= 15 is 0 Å². The molecule has 5 nitrogen and oxygen atoms in total. The van der Waals surface area contributed by atoms with Crippen molar-refractivity contribution in [1.82, 2.24) is 24.6 Å². The molecule has 0 fully saturated rings. The van der Waals surface area contributed by atoms with Crippen LogP contribution in [0.3, 0.4) is 0 Å². The molecular weight excluding hydrogens is 238 g/mol. The lowest BCUT2D eigenvalue weighted by Gasteiger charge is -2.19. The van der Waals surface area contributed by atoms with Crippen LogP contribution < -0.4 is 5.32 Å². The van der Waals surface area contributed by atoms with Crippen molar-refractivity contribution in [3.05, 3.63) is 36.2 Å². The number of aromatic nitrogens is 4. The van der Waals surface area contributed by atoms with Crippen LogP contribution >= 0.6 is 0 Å². The van der Waals surface area contributed by atoms with Crippen molar-refractivity contribution < 1.29 is 0 Å². The number of nitrogens with one attached hydrogen (secondary N) is 1. The summed E-state index contributed by atoms with van der Waals surface area (Å²) in [6.07, 6.45) is 5.87. The Balaban J connectivity index is 1.98. The molecule has 0 aromatic carbocycles. The predicted octanol–water partition coefficient (Wildman–Crippen LogP) is 2.04. The van der Waals surface area contributed by atoms with Gasteiger partial charge in [-0.25, -0.2) is 9.67 Å². The third kappa shape index (κ3) is 3.92. The van der Waals surface area contributed by atoms with E-state index in [0.717, 1.165) is 25.5 Å². The van der Waals surface area contributed by atoms with Crippen molar-refractivity contribution in [2.75, 3.05) is 0 Å². The normalized spacial score (nSPS) is 12.0. The Bertz CT molecular complexity index is 518. The van der Waals surface area contributed by atoms with Crippen LogP contribution in [0.5, 0.6) is 0 Å². The fourth-order valence-corrected chi connectivity index (χ4v) is 1.90. The Morgan fingerprint density at radius 2 is 2.11 bits per heavy atom. The summed E-state index contributed by atoms with van der Waals surface area (Å²) in [5.41, 5.74) is 1.43. The van der Waals surface area contributed by atoms with Crippen molar-refractivity contribution in [3.8, 4) is 0 Å². The predicted molar refractivity (Wildman–Crippen MR) is 75.8 cm³/mol. The van der Waals surface area contributed by atoms with E-state index in [-0.39, 0.29) is 5.54 Å². The van der Waals surface area contributed by atoms with Gasteiger partial charge < -0.3 is 9.88 Å². The van der Waals surface area contributed by atoms with Gasteiger partial charge in [-0.3, -0.25) is 0 Å². The second-order valence-corrected chi connectivity index (χ2v) is 5.79. The fourth-order valence-electron chi connectivity index (χ4n) is 1.90. The van der Waals surface area contributed by atoms with Crippen molar-refractivity contribution >= 4 is 0 Å². The van der Waals surface area contributed by atoms with E-state index in [1.54, 1.807) is 6.33 Å². The van der Waals surface area contributed by atoms with Gasteiger partial charge >= 0.3 is 0 Å². The molecule has 0 aliphatic rings. The molecule has 1 N–H and O–H groups in total. The monoisotopic (exact) mass is 261 g/mol. The summed E-state index contributed by atoms with van der Waals surface area (Å²) in [5, 5.41) is 7.67. The van der Waals surface area contributed by atoms with Crippen LogP contribution in [0.25, 0.3) is 0 Å². The molecule has 2 heterocycles. The zero-order valence-corrected chi connectivity index (χ0v) is 12.2. The lowest BCUT2D eigenvalue weighted by atomic mass is 10.1. The molecule has 0 saturated carbocycles. The van der Waals surface area contributed by atoms with Gasteiger partial charge in [0.1, 0.15) is 12.2 Å². The number of hydrogen-bond acceptors (Lipinski definition) is 3. The fraction of sp³-hybridized carbons (Fsp3) is 0.571. The van der Waals surface area contributed by atoms with E-state index in [4.69, 9.17) is 0 Å². The molecule has 2 aromatic rings. The van der Waals surface area contributed by atoms with Gasteiger partial charge in [0.05, 0.1) is 6.54 Å². The molecular formula is C14H23N5. The highest BCUT2D eigenvalue weighted by atomic mass is 15.3. The molecule has 104 valence electrons. The smallest absolute Gasteiger partial charge is 0.146 e. The summed E-state index contributed by atoms with van der Waals surface area (Å²) in [4.78, 5) is 4.29. The Labute approximate surface area is 114 Å². The molecule has 0 aliphatic heterocycles. The van der Waals surface area contributed by atoms with Gasteiger partial charge in [-0.05, 0) is 39.3 Å². The molecule has 0 atom stereocenters. The van der Waals surface area contributed by atoms with Gasteiger partial charge in [0.15, 0.2) is 0 Å². The second-order valence-electron chi connectivity index (χ2n) is 5.79. The number of hydrogen-bond donors (Lipinski definition) is 1. The minimum atomic E-state index is 0.143. The average molecular weight is 261 g/mol. The summed E-state index contributed by atoms with van der Waals surface area (Å²) in [5.74, 6) is 0.994. The lowest BCUT2D eigenvalue weighted by Crippen LogP contribution is -2.34. The van der Waals surface area contributed by atoms with E-state index in [2.05, 4.69) is 66.1 Å². The Hall–Kier alpha value is -1.62. The Morgan fingerprint density at radius 1 is 1.32 bits per heavy atom. The van der Waals surface area contributed by atoms with Crippen molar-refractivity contribution in [2.24, 2.45) is 0 Å². The van der Waals surface area contributed by atoms with E-state index < -0.39 is 0 Å². The third-order valence-corrected chi connectivity index (χ3v) is 2.95. The summed E-state index contributed by atoms with van der Waals surface area (Å²) in [6.45, 7) is 11.1. The van der Waals surface area contributed by atoms with Gasteiger partial charge in [0.2, 0.25) is 0 Å². The summed E-state index contributed by atoms with van der Waals surface area (Å²) >= 11 is 0. The van der Waals surface area contributed by atoms with Crippen LogP contribution in [0.15, 0.2) is 24.8 Å². The Morgan fingerprint density at radius 3 is 2.79 bits per heavy atom. The molecule has 0 amide bonds. The van der Waals surface area contributed by atoms with Crippen LogP contribution in [0, 0.1) is 0 Å². The van der Waals surface area contributed by atoms with Gasteiger partial charge in [-0.15, -0.1) is 0 Å². The first kappa shape index (κ1) is 13.8. The van der Waals surface area contributed by atoms with Crippen LogP contribution in [-0.4, -0.2) is 24.9 Å². The molecule has 0 aliphatic carbocycles. The average Bonchev–Trinajstić information content (AvgIpc) is 2.95. The number of aryl methyl sites for hydroxylation is 1. The molecule has 2 aromatic heterocycles. The molecule has 19 heavy (non-hydrogen) atoms. The van der Waals surface area contributed by atoms with E-state index in [1.165, 1.54) is 5.56 Å². The molecule has 5 heteroatoms. The first-order chi connectivity index (χ1) is 8.98. The van der Waals surface area contributed by atoms with Crippen molar-refractivity contribution in [3.63, 3.8) is 0 Å². The molecule has 2 rings (SSSR count). The van der Waals surface area contributed by atoms with Gasteiger partial charge in [-0.2, -0.15) is 5.10 Å². The number of nitrogens with zero attached hydrogens (tertiary/aromatic N) is 4. The molecule has 0 radical (unpaired) electrons. The van der Waals surface area contributed by atoms with Crippen molar-refractivity contribution in [2.45, 2.75) is 52.9 Å². The number of rotatable bonds is 5. The van der Waals surface area contributed by atoms with Crippen LogP contribution in [0.4, 0.5) is 0 Å². The van der Waals surface area contributed by atoms with E-state index in [0.29, 0.717) is 0 Å². The van der Waals surface area contributed by atoms with Crippen LogP contribution in [-0.2, 0) is 19.6 Å². The molecule has 0 spiro atoms. The van der Waals surface area contributed by atoms with Gasteiger partial charge in [0, 0.05) is 31.0 Å². The van der Waals surface area contributed by atoms with E-state index in [9.17, 15) is 0 Å². The first-order valence-electron chi connectivity index (χ1n) is 6.74. The maximum absolute atomic E-state index is 4.29. The molecule has 0 bridgehead atoms. The first-order valence-corrected chi connectivity index (χ1v) is 6.74. The highest BCUT2D eigenvalue weighted by Crippen LogP contribution is 2.07. The third-order valence-electron chi connectivity index (χ3n) is 2.95. The second kappa shape index (κ2) is 5.57. The summed E-state index contributed by atoms with van der Waals surface area (Å²) in [7, 11) is 0. The quantitative estimate of drug-likeness (QED) is 0.896. The maximum Gasteiger partial charge on any atom is 0.146 e. The largest absolute Gasteiger partial charge is 0.346 e. The minimum Gasteiger partial charge on any atom is -0.346 e. The van der Waals surface area contributed by atoms with E-state index in [1.807, 2.05) is 4.68 Å². The van der Waals surface area contributed by atoms with Gasteiger partial charge in [0.25, 0.3) is 0 Å². The van der Waals surface area contributed by atoms with Gasteiger partial charge in [-0.1, -0.05) is 0 Å². The standard InChI is InChI=1S/C14H23N5/c1-5-19-13(15-11-17-19)10-18-7-6-12(9-18)8-16-14(2,3)4/h6-7,9,11,16H,5,8,10H2,1-4H3. The summed E-state index contributed by atoms with van der Waals surface area (Å²) in [6, 6.07) is 2.14. The Kier molecular flexibility index (Phi) is 4.04. The topological polar surface area (TPSA) is 47.7 Å². The zero-order chi connectivity index (χ0) is 13.9. The lowest BCUT2D eigenvalue weighted by molar-refractivity contribution is 0.424. The molecule has 0 saturated heterocycles. The molecule has 0 unspecified atom stereocenters.